The topological polar surface area (TPSA) is 91.4 Å². The number of rotatable bonds is 1. The Morgan fingerprint density at radius 3 is 2.92 bits per heavy atom. The molecule has 0 bridgehead atoms. The maximum Gasteiger partial charge on any atom is 0.125 e. The van der Waals surface area contributed by atoms with Crippen LogP contribution in [-0.4, -0.2) is 43.0 Å². The SMILES string of the molecule is OC[C@H]1[C@H](O)[C@H](O)c2cnnn21. The third-order valence-electron chi connectivity index (χ3n) is 2.12. The fraction of sp³-hybridized carbons (Fsp3) is 0.667. The fourth-order valence-electron chi connectivity index (χ4n) is 1.44. The summed E-state index contributed by atoms with van der Waals surface area (Å²) in [6.45, 7) is -0.255. The van der Waals surface area contributed by atoms with Gasteiger partial charge in [-0.15, -0.1) is 5.10 Å². The van der Waals surface area contributed by atoms with Crippen molar-refractivity contribution in [2.45, 2.75) is 18.2 Å². The average Bonchev–Trinajstić information content (AvgIpc) is 2.59. The molecule has 2 heterocycles. The van der Waals surface area contributed by atoms with E-state index in [1.807, 2.05) is 0 Å². The van der Waals surface area contributed by atoms with E-state index in [0.29, 0.717) is 5.69 Å². The van der Waals surface area contributed by atoms with Gasteiger partial charge in [-0.05, 0) is 0 Å². The van der Waals surface area contributed by atoms with Crippen LogP contribution in [0, 0.1) is 0 Å². The molecule has 2 rings (SSSR count). The third kappa shape index (κ3) is 0.795. The Balaban J connectivity index is 2.42. The Morgan fingerprint density at radius 1 is 1.50 bits per heavy atom. The first-order valence-electron chi connectivity index (χ1n) is 3.62. The second-order valence-electron chi connectivity index (χ2n) is 2.79. The molecular weight excluding hydrogens is 162 g/mol. The first-order chi connectivity index (χ1) is 5.75. The number of nitrogens with zero attached hydrogens (tertiary/aromatic N) is 3. The number of fused-ring (bicyclic) bond motifs is 1. The summed E-state index contributed by atoms with van der Waals surface area (Å²) in [6.07, 6.45) is -0.596. The molecule has 0 spiro atoms. The molecule has 0 amide bonds. The molecule has 0 unspecified atom stereocenters. The minimum absolute atomic E-state index is 0.255. The first-order valence-corrected chi connectivity index (χ1v) is 3.62. The molecule has 0 aliphatic carbocycles. The van der Waals surface area contributed by atoms with Crippen LogP contribution >= 0.6 is 0 Å². The maximum absolute atomic E-state index is 9.38. The average molecular weight is 171 g/mol. The van der Waals surface area contributed by atoms with Gasteiger partial charge in [-0.25, -0.2) is 4.68 Å². The molecule has 1 aromatic heterocycles. The molecule has 0 saturated heterocycles. The van der Waals surface area contributed by atoms with Gasteiger partial charge in [-0.1, -0.05) is 5.21 Å². The van der Waals surface area contributed by atoms with Crippen molar-refractivity contribution in [2.75, 3.05) is 6.61 Å². The number of aliphatic hydroxyl groups is 3. The van der Waals surface area contributed by atoms with Crippen molar-refractivity contribution < 1.29 is 15.3 Å². The summed E-state index contributed by atoms with van der Waals surface area (Å²) in [4.78, 5) is 0. The summed E-state index contributed by atoms with van der Waals surface area (Å²) in [6, 6.07) is -0.572. The van der Waals surface area contributed by atoms with E-state index >= 15 is 0 Å². The summed E-state index contributed by atoms with van der Waals surface area (Å²) in [5, 5.41) is 34.8. The van der Waals surface area contributed by atoms with Crippen LogP contribution in [0.15, 0.2) is 6.20 Å². The van der Waals surface area contributed by atoms with Crippen molar-refractivity contribution in [3.8, 4) is 0 Å². The highest BCUT2D eigenvalue weighted by Crippen LogP contribution is 2.32. The van der Waals surface area contributed by atoms with Gasteiger partial charge in [0.25, 0.3) is 0 Å². The van der Waals surface area contributed by atoms with Crippen LogP contribution in [0.2, 0.25) is 0 Å². The fourth-order valence-corrected chi connectivity index (χ4v) is 1.44. The molecule has 0 radical (unpaired) electrons. The van der Waals surface area contributed by atoms with E-state index in [4.69, 9.17) is 5.11 Å². The van der Waals surface area contributed by atoms with E-state index in [9.17, 15) is 10.2 Å². The van der Waals surface area contributed by atoms with E-state index < -0.39 is 18.2 Å². The summed E-state index contributed by atoms with van der Waals surface area (Å²) < 4.78 is 1.34. The molecule has 6 heteroatoms. The van der Waals surface area contributed by atoms with E-state index in [1.54, 1.807) is 0 Å². The zero-order chi connectivity index (χ0) is 8.72. The van der Waals surface area contributed by atoms with E-state index in [2.05, 4.69) is 10.3 Å². The van der Waals surface area contributed by atoms with Crippen LogP contribution in [-0.2, 0) is 0 Å². The van der Waals surface area contributed by atoms with Gasteiger partial charge in [0.1, 0.15) is 18.2 Å². The van der Waals surface area contributed by atoms with Crippen LogP contribution in [0.1, 0.15) is 17.8 Å². The molecule has 0 saturated carbocycles. The van der Waals surface area contributed by atoms with Gasteiger partial charge in [0.2, 0.25) is 0 Å². The lowest BCUT2D eigenvalue weighted by molar-refractivity contribution is -0.00297. The van der Waals surface area contributed by atoms with Crippen LogP contribution in [0.3, 0.4) is 0 Å². The van der Waals surface area contributed by atoms with E-state index in [-0.39, 0.29) is 6.61 Å². The van der Waals surface area contributed by atoms with Gasteiger partial charge in [0.05, 0.1) is 18.5 Å². The van der Waals surface area contributed by atoms with Gasteiger partial charge in [0.15, 0.2) is 0 Å². The van der Waals surface area contributed by atoms with Crippen molar-refractivity contribution in [1.82, 2.24) is 15.0 Å². The highest BCUT2D eigenvalue weighted by atomic mass is 16.3. The Hall–Kier alpha value is -0.980. The molecule has 0 aromatic carbocycles. The molecule has 1 aliphatic heterocycles. The highest BCUT2D eigenvalue weighted by molar-refractivity contribution is 5.10. The standard InChI is InChI=1S/C6H9N3O3/c10-2-4-6(12)5(11)3-1-7-8-9(3)4/h1,4-6,10-12H,2H2/t4-,5+,6-/m0/s1. The monoisotopic (exact) mass is 171 g/mol. The van der Waals surface area contributed by atoms with E-state index in [1.165, 1.54) is 10.9 Å². The van der Waals surface area contributed by atoms with Crippen molar-refractivity contribution in [3.63, 3.8) is 0 Å². The summed E-state index contributed by atoms with van der Waals surface area (Å²) in [7, 11) is 0. The summed E-state index contributed by atoms with van der Waals surface area (Å²) >= 11 is 0. The molecule has 66 valence electrons. The third-order valence-corrected chi connectivity index (χ3v) is 2.12. The molecular formula is C6H9N3O3. The van der Waals surface area contributed by atoms with Crippen LogP contribution < -0.4 is 0 Å². The molecule has 1 aromatic rings. The molecule has 1 aliphatic rings. The molecule has 12 heavy (non-hydrogen) atoms. The normalized spacial score (nSPS) is 33.8. The van der Waals surface area contributed by atoms with Gasteiger partial charge in [0, 0.05) is 0 Å². The quantitative estimate of drug-likeness (QED) is 0.464. The van der Waals surface area contributed by atoms with Crippen LogP contribution in [0.5, 0.6) is 0 Å². The van der Waals surface area contributed by atoms with Crippen molar-refractivity contribution >= 4 is 0 Å². The van der Waals surface area contributed by atoms with E-state index in [0.717, 1.165) is 0 Å². The second kappa shape index (κ2) is 2.51. The minimum atomic E-state index is -0.989. The van der Waals surface area contributed by atoms with Gasteiger partial charge >= 0.3 is 0 Å². The Morgan fingerprint density at radius 2 is 2.25 bits per heavy atom. The zero-order valence-corrected chi connectivity index (χ0v) is 6.20. The number of hydrogen-bond donors (Lipinski definition) is 3. The number of aromatic nitrogens is 3. The predicted octanol–water partition coefficient (Wildman–Crippen LogP) is -1.78. The lowest BCUT2D eigenvalue weighted by Crippen LogP contribution is -2.24. The minimum Gasteiger partial charge on any atom is -0.394 e. The Kier molecular flexibility index (Phi) is 1.60. The second-order valence-corrected chi connectivity index (χ2v) is 2.79. The molecule has 6 nitrogen and oxygen atoms in total. The summed E-state index contributed by atoms with van der Waals surface area (Å²) in [5.74, 6) is 0. The van der Waals surface area contributed by atoms with Crippen molar-refractivity contribution in [3.05, 3.63) is 11.9 Å². The molecule has 3 N–H and O–H groups in total. The maximum atomic E-state index is 9.38. The van der Waals surface area contributed by atoms with Crippen LogP contribution in [0.4, 0.5) is 0 Å². The first kappa shape index (κ1) is 7.66. The lowest BCUT2D eigenvalue weighted by atomic mass is 10.1. The van der Waals surface area contributed by atoms with Gasteiger partial charge in [-0.2, -0.15) is 0 Å². The predicted molar refractivity (Wildman–Crippen MR) is 37.1 cm³/mol. The molecule has 0 fully saturated rings. The van der Waals surface area contributed by atoms with Crippen molar-refractivity contribution in [2.24, 2.45) is 0 Å². The smallest absolute Gasteiger partial charge is 0.125 e. The Bertz CT molecular complexity index is 287. The lowest BCUT2D eigenvalue weighted by Gasteiger charge is -2.13. The largest absolute Gasteiger partial charge is 0.394 e. The summed E-state index contributed by atoms with van der Waals surface area (Å²) in [5.41, 5.74) is 0.446. The van der Waals surface area contributed by atoms with Crippen LogP contribution in [0.25, 0.3) is 0 Å². The number of aliphatic hydroxyl groups excluding tert-OH is 3. The Labute approximate surface area is 68.1 Å². The number of hydrogen-bond acceptors (Lipinski definition) is 5. The molecule has 3 atom stereocenters. The van der Waals surface area contributed by atoms with Gasteiger partial charge < -0.3 is 15.3 Å². The highest BCUT2D eigenvalue weighted by Gasteiger charge is 2.39. The van der Waals surface area contributed by atoms with Crippen molar-refractivity contribution in [1.29, 1.82) is 0 Å². The zero-order valence-electron chi connectivity index (χ0n) is 6.20. The van der Waals surface area contributed by atoms with Gasteiger partial charge in [-0.3, -0.25) is 0 Å².